The molecule has 0 aliphatic rings. The minimum atomic E-state index is -3.71. The lowest BCUT2D eigenvalue weighted by atomic mass is 10.1. The second kappa shape index (κ2) is 8.03. The zero-order chi connectivity index (χ0) is 20.5. The van der Waals surface area contributed by atoms with E-state index < -0.39 is 10.0 Å². The van der Waals surface area contributed by atoms with Crippen LogP contribution in [0.3, 0.4) is 0 Å². The lowest BCUT2D eigenvalue weighted by Crippen LogP contribution is -2.32. The molecule has 0 N–H and O–H groups in total. The summed E-state index contributed by atoms with van der Waals surface area (Å²) in [5.74, 6) is -0.205. The second-order valence-corrected chi connectivity index (χ2v) is 10.0. The van der Waals surface area contributed by atoms with E-state index in [2.05, 4.69) is 10.6 Å². The number of sulfonamides is 1. The molecular formula is C21H24N2O3S2. The molecule has 7 heteroatoms. The van der Waals surface area contributed by atoms with E-state index in [9.17, 15) is 13.2 Å². The van der Waals surface area contributed by atoms with Gasteiger partial charge < -0.3 is 4.57 Å². The van der Waals surface area contributed by atoms with Crippen LogP contribution in [0, 0.1) is 20.8 Å². The van der Waals surface area contributed by atoms with Crippen molar-refractivity contribution in [3.63, 3.8) is 0 Å². The Hall–Kier alpha value is -2.22. The van der Waals surface area contributed by atoms with Crippen LogP contribution in [-0.4, -0.2) is 36.7 Å². The quantitative estimate of drug-likeness (QED) is 0.547. The first-order chi connectivity index (χ1) is 13.2. The molecule has 0 unspecified atom stereocenters. The molecule has 1 aromatic carbocycles. The number of Topliss-reactive ketones (excluding diaryl/α,β-unsaturated/α-hetero) is 1. The van der Waals surface area contributed by atoms with Crippen molar-refractivity contribution in [1.82, 2.24) is 8.87 Å². The van der Waals surface area contributed by atoms with Crippen LogP contribution in [0.1, 0.15) is 32.2 Å². The van der Waals surface area contributed by atoms with Gasteiger partial charge in [-0.15, -0.1) is 11.3 Å². The van der Waals surface area contributed by atoms with Crippen molar-refractivity contribution >= 4 is 27.1 Å². The Labute approximate surface area is 170 Å². The van der Waals surface area contributed by atoms with Gasteiger partial charge >= 0.3 is 0 Å². The van der Waals surface area contributed by atoms with Crippen molar-refractivity contribution in [2.75, 3.05) is 13.6 Å². The predicted octanol–water partition coefficient (Wildman–Crippen LogP) is 4.03. The van der Waals surface area contributed by atoms with Gasteiger partial charge in [-0.25, -0.2) is 8.42 Å². The first-order valence-corrected chi connectivity index (χ1v) is 11.3. The van der Waals surface area contributed by atoms with E-state index >= 15 is 0 Å². The van der Waals surface area contributed by atoms with Crippen molar-refractivity contribution in [2.45, 2.75) is 32.2 Å². The molecule has 0 amide bonds. The standard InChI is InChI=1S/C21H24N2O3S2/c1-15-7-9-19(10-8-15)28(25,26)22(4)14-21(24)20-12-16(2)23(17(20)3)13-18-6-5-11-27-18/h5-12H,13-14H2,1-4H3. The molecule has 148 valence electrons. The van der Waals surface area contributed by atoms with Gasteiger partial charge in [-0.2, -0.15) is 4.31 Å². The zero-order valence-electron chi connectivity index (χ0n) is 16.5. The highest BCUT2D eigenvalue weighted by Gasteiger charge is 2.25. The van der Waals surface area contributed by atoms with Crippen LogP contribution in [0.15, 0.2) is 52.7 Å². The maximum atomic E-state index is 12.9. The summed E-state index contributed by atoms with van der Waals surface area (Å²) in [4.78, 5) is 14.3. The van der Waals surface area contributed by atoms with Gasteiger partial charge in [0.1, 0.15) is 0 Å². The van der Waals surface area contributed by atoms with Crippen LogP contribution in [0.4, 0.5) is 0 Å². The fraction of sp³-hybridized carbons (Fsp3) is 0.286. The summed E-state index contributed by atoms with van der Waals surface area (Å²) in [6.45, 7) is 6.28. The summed E-state index contributed by atoms with van der Waals surface area (Å²) in [6, 6.07) is 12.5. The molecular weight excluding hydrogens is 392 g/mol. The molecule has 2 heterocycles. The van der Waals surface area contributed by atoms with E-state index in [0.717, 1.165) is 21.3 Å². The Morgan fingerprint density at radius 1 is 1.11 bits per heavy atom. The third kappa shape index (κ3) is 4.11. The van der Waals surface area contributed by atoms with Crippen LogP contribution >= 0.6 is 11.3 Å². The molecule has 28 heavy (non-hydrogen) atoms. The van der Waals surface area contributed by atoms with E-state index in [-0.39, 0.29) is 17.2 Å². The van der Waals surface area contributed by atoms with Gasteiger partial charge in [-0.05, 0) is 50.4 Å². The number of hydrogen-bond acceptors (Lipinski definition) is 4. The van der Waals surface area contributed by atoms with E-state index in [1.54, 1.807) is 35.6 Å². The lowest BCUT2D eigenvalue weighted by Gasteiger charge is -2.16. The Bertz CT molecular complexity index is 1080. The fourth-order valence-corrected chi connectivity index (χ4v) is 4.97. The molecule has 2 aromatic heterocycles. The number of hydrogen-bond donors (Lipinski definition) is 0. The maximum absolute atomic E-state index is 12.9. The summed E-state index contributed by atoms with van der Waals surface area (Å²) >= 11 is 1.67. The minimum absolute atomic E-state index is 0.191. The normalized spacial score (nSPS) is 11.9. The number of benzene rings is 1. The Morgan fingerprint density at radius 3 is 2.39 bits per heavy atom. The molecule has 0 fully saturated rings. The molecule has 5 nitrogen and oxygen atoms in total. The summed E-state index contributed by atoms with van der Waals surface area (Å²) in [5.41, 5.74) is 3.39. The molecule has 0 atom stereocenters. The molecule has 0 saturated heterocycles. The molecule has 0 aliphatic heterocycles. The predicted molar refractivity (Wildman–Crippen MR) is 113 cm³/mol. The van der Waals surface area contributed by atoms with Gasteiger partial charge in [0.15, 0.2) is 5.78 Å². The Balaban J connectivity index is 1.80. The number of aromatic nitrogens is 1. The first-order valence-electron chi connectivity index (χ1n) is 8.95. The van der Waals surface area contributed by atoms with Gasteiger partial charge in [-0.1, -0.05) is 23.8 Å². The number of aryl methyl sites for hydroxylation is 2. The lowest BCUT2D eigenvalue weighted by molar-refractivity contribution is 0.0972. The number of carbonyl (C=O) groups is 1. The van der Waals surface area contributed by atoms with Crippen molar-refractivity contribution < 1.29 is 13.2 Å². The molecule has 0 saturated carbocycles. The van der Waals surface area contributed by atoms with E-state index in [0.29, 0.717) is 12.1 Å². The average Bonchev–Trinajstić information content (AvgIpc) is 3.25. The van der Waals surface area contributed by atoms with Gasteiger partial charge in [0.05, 0.1) is 18.0 Å². The Kier molecular flexibility index (Phi) is 5.88. The highest BCUT2D eigenvalue weighted by molar-refractivity contribution is 7.89. The molecule has 0 aliphatic carbocycles. The molecule has 0 radical (unpaired) electrons. The summed E-state index contributed by atoms with van der Waals surface area (Å²) in [6.07, 6.45) is 0. The largest absolute Gasteiger partial charge is 0.343 e. The minimum Gasteiger partial charge on any atom is -0.343 e. The highest BCUT2D eigenvalue weighted by Crippen LogP contribution is 2.21. The van der Waals surface area contributed by atoms with Crippen LogP contribution in [0.2, 0.25) is 0 Å². The maximum Gasteiger partial charge on any atom is 0.243 e. The van der Waals surface area contributed by atoms with Crippen molar-refractivity contribution in [1.29, 1.82) is 0 Å². The molecule has 3 rings (SSSR count). The van der Waals surface area contributed by atoms with Crippen LogP contribution in [0.25, 0.3) is 0 Å². The summed E-state index contributed by atoms with van der Waals surface area (Å²) < 4.78 is 28.7. The summed E-state index contributed by atoms with van der Waals surface area (Å²) in [5, 5.41) is 2.03. The summed E-state index contributed by atoms with van der Waals surface area (Å²) in [7, 11) is -2.27. The number of likely N-dealkylation sites (N-methyl/N-ethyl adjacent to an activating group) is 1. The number of nitrogens with zero attached hydrogens (tertiary/aromatic N) is 2. The Morgan fingerprint density at radius 2 is 1.79 bits per heavy atom. The van der Waals surface area contributed by atoms with Gasteiger partial charge in [0.25, 0.3) is 0 Å². The van der Waals surface area contributed by atoms with Crippen molar-refractivity contribution in [3.8, 4) is 0 Å². The second-order valence-electron chi connectivity index (χ2n) is 6.95. The third-order valence-corrected chi connectivity index (χ3v) is 7.54. The van der Waals surface area contributed by atoms with E-state index in [1.165, 1.54) is 11.9 Å². The first kappa shape index (κ1) is 20.5. The zero-order valence-corrected chi connectivity index (χ0v) is 18.1. The molecule has 3 aromatic rings. The number of thiophene rings is 1. The van der Waals surface area contributed by atoms with Gasteiger partial charge in [-0.3, -0.25) is 4.79 Å². The highest BCUT2D eigenvalue weighted by atomic mass is 32.2. The number of carbonyl (C=O) groups excluding carboxylic acids is 1. The van der Waals surface area contributed by atoms with Crippen LogP contribution < -0.4 is 0 Å². The van der Waals surface area contributed by atoms with Crippen LogP contribution in [0.5, 0.6) is 0 Å². The topological polar surface area (TPSA) is 59.4 Å². The third-order valence-electron chi connectivity index (χ3n) is 4.86. The average molecular weight is 417 g/mol. The van der Waals surface area contributed by atoms with Crippen molar-refractivity contribution in [2.24, 2.45) is 0 Å². The fourth-order valence-electron chi connectivity index (χ4n) is 3.15. The molecule has 0 bridgehead atoms. The van der Waals surface area contributed by atoms with Gasteiger partial charge in [0, 0.05) is 28.9 Å². The van der Waals surface area contributed by atoms with E-state index in [1.807, 2.05) is 38.3 Å². The SMILES string of the molecule is Cc1ccc(S(=O)(=O)N(C)CC(=O)c2cc(C)n(Cc3cccs3)c2C)cc1. The number of ketones is 1. The van der Waals surface area contributed by atoms with E-state index in [4.69, 9.17) is 0 Å². The van der Waals surface area contributed by atoms with Crippen LogP contribution in [-0.2, 0) is 16.6 Å². The monoisotopic (exact) mass is 416 g/mol. The smallest absolute Gasteiger partial charge is 0.243 e. The van der Waals surface area contributed by atoms with Crippen molar-refractivity contribution in [3.05, 3.63) is 75.2 Å². The number of rotatable bonds is 7. The van der Waals surface area contributed by atoms with Gasteiger partial charge in [0.2, 0.25) is 10.0 Å². The molecule has 0 spiro atoms.